The van der Waals surface area contributed by atoms with Gasteiger partial charge in [0.15, 0.2) is 0 Å². The summed E-state index contributed by atoms with van der Waals surface area (Å²) < 4.78 is 13.0. The van der Waals surface area contributed by atoms with Crippen molar-refractivity contribution in [3.05, 3.63) is 200 Å². The number of fused-ring (bicyclic) bond motifs is 4. The third-order valence-corrected chi connectivity index (χ3v) is 10.4. The number of imidazole rings is 1. The molecular formula is C52H38N4OPt-2. The normalized spacial score (nSPS) is 11.4. The fourth-order valence-electron chi connectivity index (χ4n) is 7.99. The Kier molecular flexibility index (Phi) is 10.1. The Morgan fingerprint density at radius 1 is 0.621 bits per heavy atom. The number of pyridine rings is 1. The topological polar surface area (TPSA) is 35.9 Å². The monoisotopic (exact) mass is 929 g/mol. The molecule has 6 heteroatoms. The Balaban J connectivity index is 0.00000436. The van der Waals surface area contributed by atoms with Crippen LogP contribution >= 0.6 is 0 Å². The van der Waals surface area contributed by atoms with Crippen molar-refractivity contribution in [2.45, 2.75) is 20.3 Å². The molecular weight excluding hydrogens is 892 g/mol. The molecule has 0 aliphatic rings. The van der Waals surface area contributed by atoms with Gasteiger partial charge in [-0.2, -0.15) is 18.2 Å². The molecule has 7 aromatic carbocycles. The molecule has 0 radical (unpaired) electrons. The smallest absolute Gasteiger partial charge is 0.268 e. The van der Waals surface area contributed by atoms with E-state index in [1.165, 1.54) is 5.56 Å². The molecule has 0 aliphatic heterocycles. The number of hydrogen-bond acceptors (Lipinski definition) is 2. The van der Waals surface area contributed by atoms with E-state index in [0.29, 0.717) is 17.4 Å². The molecule has 0 amide bonds. The fourth-order valence-corrected chi connectivity index (χ4v) is 7.99. The van der Waals surface area contributed by atoms with Crippen LogP contribution in [0.1, 0.15) is 19.4 Å². The number of hydrogen-bond donors (Lipinski definition) is 0. The Hall–Kier alpha value is -6.55. The molecule has 0 bridgehead atoms. The van der Waals surface area contributed by atoms with Crippen LogP contribution in [0.5, 0.6) is 11.5 Å². The standard InChI is InChI=1S/C52H38N4O.Pt/c1-36(2)31-37-29-30-53-51(32-37)56-47-24-10-9-21-45(47)46-28-27-42(34-50(46)56)57-41-20-13-19-40(33-41)54-35-55(49-26-12-11-25-48(49)54)52-43(38-15-5-3-6-16-38)22-14-23-44(52)39-17-7-4-8-18-39;/h3-30,32,36H,31H2,1-2H3;/q-2;. The van der Waals surface area contributed by atoms with Gasteiger partial charge >= 0.3 is 0 Å². The van der Waals surface area contributed by atoms with Crippen LogP contribution in [-0.4, -0.2) is 14.1 Å². The van der Waals surface area contributed by atoms with Crippen molar-refractivity contribution in [3.8, 4) is 50.9 Å². The van der Waals surface area contributed by atoms with Crippen LogP contribution in [0.25, 0.3) is 72.3 Å². The fraction of sp³-hybridized carbons (Fsp3) is 0.0769. The van der Waals surface area contributed by atoms with Gasteiger partial charge in [0.25, 0.3) is 6.33 Å². The van der Waals surface area contributed by atoms with Crippen LogP contribution in [0.2, 0.25) is 0 Å². The SMILES string of the molecule is CC(C)Cc1ccnc(-n2c3[c-]c(Oc4[c-]c(-n5[c-][n+](-c6c(-c7ccccc7)cccc6-c6ccccc6)c6ccccc65)ccc4)ccc3c3ccccc32)c1.[Pt]. The van der Waals surface area contributed by atoms with Crippen molar-refractivity contribution in [3.63, 3.8) is 0 Å². The molecule has 0 fully saturated rings. The van der Waals surface area contributed by atoms with E-state index in [0.717, 1.165) is 78.7 Å². The predicted octanol–water partition coefficient (Wildman–Crippen LogP) is 12.1. The molecule has 10 aromatic rings. The largest absolute Gasteiger partial charge is 0.510 e. The number of para-hydroxylation sites is 4. The van der Waals surface area contributed by atoms with E-state index in [4.69, 9.17) is 9.72 Å². The Morgan fingerprint density at radius 3 is 2.02 bits per heavy atom. The van der Waals surface area contributed by atoms with E-state index in [9.17, 15) is 0 Å². The molecule has 0 saturated carbocycles. The zero-order valence-electron chi connectivity index (χ0n) is 32.0. The van der Waals surface area contributed by atoms with Crippen molar-refractivity contribution < 1.29 is 30.4 Å². The zero-order chi connectivity index (χ0) is 38.3. The van der Waals surface area contributed by atoms with E-state index in [1.807, 2.05) is 30.5 Å². The first-order valence-corrected chi connectivity index (χ1v) is 19.4. The van der Waals surface area contributed by atoms with Gasteiger partial charge in [-0.05, 0) is 69.4 Å². The molecule has 0 aliphatic carbocycles. The van der Waals surface area contributed by atoms with Gasteiger partial charge in [-0.1, -0.05) is 141 Å². The minimum absolute atomic E-state index is 0. The van der Waals surface area contributed by atoms with E-state index in [1.54, 1.807) is 0 Å². The Morgan fingerprint density at radius 2 is 1.28 bits per heavy atom. The first-order valence-electron chi connectivity index (χ1n) is 19.4. The second-order valence-electron chi connectivity index (χ2n) is 14.8. The van der Waals surface area contributed by atoms with Crippen LogP contribution in [-0.2, 0) is 27.5 Å². The van der Waals surface area contributed by atoms with Gasteiger partial charge in [0.2, 0.25) is 0 Å². The van der Waals surface area contributed by atoms with Gasteiger partial charge in [-0.15, -0.1) is 29.7 Å². The molecule has 0 saturated heterocycles. The van der Waals surface area contributed by atoms with Gasteiger partial charge < -0.3 is 13.9 Å². The maximum atomic E-state index is 6.59. The maximum absolute atomic E-state index is 6.59. The summed E-state index contributed by atoms with van der Waals surface area (Å²) in [5.41, 5.74) is 11.6. The number of nitrogens with zero attached hydrogens (tertiary/aromatic N) is 4. The number of benzene rings is 7. The van der Waals surface area contributed by atoms with Crippen molar-refractivity contribution in [1.82, 2.24) is 14.1 Å². The average Bonchev–Trinajstić information content (AvgIpc) is 3.80. The summed E-state index contributed by atoms with van der Waals surface area (Å²) in [5, 5.41) is 2.24. The summed E-state index contributed by atoms with van der Waals surface area (Å²) in [6.45, 7) is 4.48. The molecule has 10 rings (SSSR count). The molecule has 3 heterocycles. The first kappa shape index (κ1) is 37.0. The zero-order valence-corrected chi connectivity index (χ0v) is 34.3. The summed E-state index contributed by atoms with van der Waals surface area (Å²) in [7, 11) is 0. The Bertz CT molecular complexity index is 3000. The molecule has 0 atom stereocenters. The van der Waals surface area contributed by atoms with Crippen LogP contribution in [0.15, 0.2) is 176 Å². The minimum Gasteiger partial charge on any atom is -0.510 e. The second kappa shape index (κ2) is 15.8. The van der Waals surface area contributed by atoms with Gasteiger partial charge in [-0.25, -0.2) is 4.98 Å². The van der Waals surface area contributed by atoms with Gasteiger partial charge in [0.1, 0.15) is 5.82 Å². The quantitative estimate of drug-likeness (QED) is 0.107. The third kappa shape index (κ3) is 6.82. The maximum Gasteiger partial charge on any atom is 0.268 e. The molecule has 0 unspecified atom stereocenters. The molecule has 3 aromatic heterocycles. The van der Waals surface area contributed by atoms with Crippen molar-refractivity contribution in [1.29, 1.82) is 0 Å². The minimum atomic E-state index is 0. The molecule has 5 nitrogen and oxygen atoms in total. The van der Waals surface area contributed by atoms with Crippen LogP contribution < -0.4 is 9.30 Å². The Labute approximate surface area is 352 Å². The first-order chi connectivity index (χ1) is 28.1. The van der Waals surface area contributed by atoms with Gasteiger partial charge in [-0.3, -0.25) is 4.57 Å². The van der Waals surface area contributed by atoms with Crippen LogP contribution in [0.4, 0.5) is 0 Å². The van der Waals surface area contributed by atoms with Crippen LogP contribution in [0.3, 0.4) is 0 Å². The number of aromatic nitrogens is 4. The molecule has 284 valence electrons. The summed E-state index contributed by atoms with van der Waals surface area (Å²) in [6, 6.07) is 66.0. The average molecular weight is 930 g/mol. The van der Waals surface area contributed by atoms with Crippen molar-refractivity contribution in [2.24, 2.45) is 5.92 Å². The third-order valence-electron chi connectivity index (χ3n) is 10.4. The molecule has 0 spiro atoms. The van der Waals surface area contributed by atoms with Crippen molar-refractivity contribution >= 4 is 32.8 Å². The van der Waals surface area contributed by atoms with Gasteiger partial charge in [0.05, 0.1) is 16.7 Å². The molecule has 58 heavy (non-hydrogen) atoms. The van der Waals surface area contributed by atoms with Gasteiger partial charge in [0, 0.05) is 44.3 Å². The van der Waals surface area contributed by atoms with E-state index in [-0.39, 0.29) is 21.1 Å². The second-order valence-corrected chi connectivity index (χ2v) is 14.8. The summed E-state index contributed by atoms with van der Waals surface area (Å²) >= 11 is 0. The summed E-state index contributed by atoms with van der Waals surface area (Å²) in [5.74, 6) is 2.59. The predicted molar refractivity (Wildman–Crippen MR) is 229 cm³/mol. The van der Waals surface area contributed by atoms with Crippen LogP contribution in [0, 0.1) is 24.4 Å². The summed E-state index contributed by atoms with van der Waals surface area (Å²) in [4.78, 5) is 4.83. The number of rotatable bonds is 9. The number of ether oxygens (including phenoxy) is 1. The van der Waals surface area contributed by atoms with E-state index >= 15 is 0 Å². The van der Waals surface area contributed by atoms with E-state index in [2.05, 4.69) is 192 Å². The summed E-state index contributed by atoms with van der Waals surface area (Å²) in [6.07, 6.45) is 6.63. The van der Waals surface area contributed by atoms with E-state index < -0.39 is 0 Å². The van der Waals surface area contributed by atoms with Crippen molar-refractivity contribution in [2.75, 3.05) is 0 Å². The molecule has 0 N–H and O–H groups in total.